The summed E-state index contributed by atoms with van der Waals surface area (Å²) in [6.07, 6.45) is 16.4. The van der Waals surface area contributed by atoms with Crippen LogP contribution in [0.5, 0.6) is 0 Å². The summed E-state index contributed by atoms with van der Waals surface area (Å²) in [5.41, 5.74) is 11.1. The summed E-state index contributed by atoms with van der Waals surface area (Å²) >= 11 is 0. The topological polar surface area (TPSA) is 117 Å². The molecule has 2 aliphatic heterocycles. The summed E-state index contributed by atoms with van der Waals surface area (Å²) in [6.45, 7) is 21.1. The molecule has 5 heterocycles. The summed E-state index contributed by atoms with van der Waals surface area (Å²) in [5, 5.41) is 6.81. The van der Waals surface area contributed by atoms with Gasteiger partial charge in [0.25, 0.3) is 0 Å². The summed E-state index contributed by atoms with van der Waals surface area (Å²) in [4.78, 5) is 54.9. The molecular formula is C45H52MgN4O4-2. The first-order valence-electron chi connectivity index (χ1n) is 19.2. The Kier molecular flexibility index (Phi) is 13.1. The number of hydrogen-bond donors (Lipinski definition) is 0. The molecule has 0 saturated carbocycles. The molecule has 280 valence electrons. The maximum atomic E-state index is 14.0. The quantitative estimate of drug-likeness (QED) is 0.0601. The van der Waals surface area contributed by atoms with Crippen LogP contribution in [0, 0.1) is 44.4 Å². The summed E-state index contributed by atoms with van der Waals surface area (Å²) in [6, 6.07) is 0. The molecule has 1 saturated heterocycles. The number of Topliss-reactive ketones (excluding diaryl/α,β-unsaturated/α-hetero) is 1. The van der Waals surface area contributed by atoms with Crippen LogP contribution in [-0.2, 0) is 20.7 Å². The van der Waals surface area contributed by atoms with Gasteiger partial charge in [-0.15, -0.1) is 33.5 Å². The molecule has 4 atom stereocenters. The Morgan fingerprint density at radius 1 is 0.981 bits per heavy atom. The first-order chi connectivity index (χ1) is 25.4. The molecule has 6 rings (SSSR count). The number of ketones is 1. The molecular weight excluding hydrogens is 685 g/mol. The summed E-state index contributed by atoms with van der Waals surface area (Å²) in [5.74, 6) is -1.24. The largest absolute Gasteiger partial charge is 2.00 e. The number of aldehydes is 1. The average Bonchev–Trinajstić information content (AvgIpc) is 3.87. The predicted octanol–water partition coefficient (Wildman–Crippen LogP) is 7.17. The van der Waals surface area contributed by atoms with Crippen molar-refractivity contribution in [1.29, 1.82) is 0 Å². The Morgan fingerprint density at radius 3 is 2.39 bits per heavy atom. The summed E-state index contributed by atoms with van der Waals surface area (Å²) in [7, 11) is 0. The van der Waals surface area contributed by atoms with Crippen LogP contribution in [0.15, 0.2) is 29.6 Å². The van der Waals surface area contributed by atoms with Crippen molar-refractivity contribution in [2.24, 2.45) is 23.7 Å². The Morgan fingerprint density at radius 2 is 1.70 bits per heavy atom. The molecule has 3 aliphatic rings. The smallest absolute Gasteiger partial charge is 0.664 e. The van der Waals surface area contributed by atoms with Gasteiger partial charge in [0.05, 0.1) is 0 Å². The number of carbonyl (C=O) groups excluding carboxylic acids is 3. The number of fused-ring (bicyclic) bond motifs is 7. The minimum Gasteiger partial charge on any atom is -0.664 e. The van der Waals surface area contributed by atoms with E-state index >= 15 is 0 Å². The van der Waals surface area contributed by atoms with E-state index < -0.39 is 5.92 Å². The van der Waals surface area contributed by atoms with Gasteiger partial charge in [0, 0.05) is 12.0 Å². The van der Waals surface area contributed by atoms with E-state index in [9.17, 15) is 14.4 Å². The van der Waals surface area contributed by atoms with E-state index in [1.807, 2.05) is 44.2 Å². The van der Waals surface area contributed by atoms with Gasteiger partial charge >= 0.3 is 29.0 Å². The van der Waals surface area contributed by atoms with Crippen molar-refractivity contribution in [3.8, 4) is 0 Å². The van der Waals surface area contributed by atoms with Gasteiger partial charge in [0.15, 0.2) is 5.78 Å². The molecule has 0 spiro atoms. The molecule has 0 unspecified atom stereocenters. The number of ether oxygens (including phenoxy) is 1. The van der Waals surface area contributed by atoms with Gasteiger partial charge in [0.1, 0.15) is 18.8 Å². The molecule has 0 amide bonds. The third kappa shape index (κ3) is 7.72. The number of aromatic nitrogens is 3. The van der Waals surface area contributed by atoms with Crippen molar-refractivity contribution in [1.82, 2.24) is 15.0 Å². The van der Waals surface area contributed by atoms with E-state index in [0.29, 0.717) is 40.9 Å². The molecule has 0 aromatic carbocycles. The Labute approximate surface area is 335 Å². The first-order valence-corrected chi connectivity index (χ1v) is 19.2. The number of carbonyl (C=O) groups is 3. The van der Waals surface area contributed by atoms with E-state index in [1.54, 1.807) is 0 Å². The van der Waals surface area contributed by atoms with Crippen LogP contribution in [-0.4, -0.2) is 47.7 Å². The number of nitrogens with zero attached hydrogens (tertiary/aromatic N) is 4. The summed E-state index contributed by atoms with van der Waals surface area (Å²) < 4.78 is 5.67. The molecule has 0 radical (unpaired) electrons. The molecule has 9 heteroatoms. The maximum absolute atomic E-state index is 14.0. The van der Waals surface area contributed by atoms with Gasteiger partial charge in [-0.3, -0.25) is 9.59 Å². The van der Waals surface area contributed by atoms with Gasteiger partial charge in [0.2, 0.25) is 0 Å². The number of rotatable bonds is 13. The van der Waals surface area contributed by atoms with Crippen molar-refractivity contribution in [2.45, 2.75) is 100 Å². The maximum Gasteiger partial charge on any atom is 2.00 e. The average molecular weight is 737 g/mol. The molecule has 0 N–H and O–H groups in total. The van der Waals surface area contributed by atoms with E-state index in [0.717, 1.165) is 80.8 Å². The minimum atomic E-state index is -1.02. The second-order valence-electron chi connectivity index (χ2n) is 15.1. The predicted molar refractivity (Wildman–Crippen MR) is 217 cm³/mol. The van der Waals surface area contributed by atoms with Crippen molar-refractivity contribution in [2.75, 3.05) is 6.61 Å². The van der Waals surface area contributed by atoms with Crippen LogP contribution in [0.2, 0.25) is 0 Å². The van der Waals surface area contributed by atoms with Crippen LogP contribution in [0.25, 0.3) is 35.2 Å². The van der Waals surface area contributed by atoms with Crippen molar-refractivity contribution in [3.05, 3.63) is 102 Å². The zero-order valence-electron chi connectivity index (χ0n) is 33.3. The van der Waals surface area contributed by atoms with Crippen molar-refractivity contribution >= 4 is 71.0 Å². The zero-order valence-corrected chi connectivity index (χ0v) is 34.7. The van der Waals surface area contributed by atoms with E-state index in [4.69, 9.17) is 25.0 Å². The van der Waals surface area contributed by atoms with Crippen LogP contribution < -0.4 is 25.7 Å². The monoisotopic (exact) mass is 736 g/mol. The van der Waals surface area contributed by atoms with E-state index in [-0.39, 0.29) is 59.7 Å². The van der Waals surface area contributed by atoms with E-state index in [1.165, 1.54) is 18.4 Å². The third-order valence-electron chi connectivity index (χ3n) is 11.8. The Hall–Kier alpha value is -4.08. The number of hydrogen-bond acceptors (Lipinski definition) is 4. The van der Waals surface area contributed by atoms with Crippen LogP contribution in [0.3, 0.4) is 0 Å². The minimum absolute atomic E-state index is 0. The SMILES string of the molecule is C=Cc1c2[n-]c(c1C)/C=C1\[N-]/C(=C3\c4[n-]c(c(C)c4C(=O)[C@@H]3C=O)/C=c3\[n-]/c(c(C)c3CC)=C\2)[C@@H](CCC(=O)OC/C=C(\C)CCC[C@H](C)CC)[C@@H]1C.[Mg+2]. The molecule has 1 fully saturated rings. The van der Waals surface area contributed by atoms with Gasteiger partial charge in [-0.05, 0) is 82.8 Å². The molecule has 3 aromatic rings. The van der Waals surface area contributed by atoms with Crippen LogP contribution in [0.1, 0.15) is 134 Å². The molecule has 54 heavy (non-hydrogen) atoms. The third-order valence-corrected chi connectivity index (χ3v) is 11.8. The fourth-order valence-electron chi connectivity index (χ4n) is 8.13. The Bertz CT molecular complexity index is 2190. The first kappa shape index (κ1) is 41.1. The van der Waals surface area contributed by atoms with Gasteiger partial charge < -0.3 is 29.8 Å². The number of allylic oxidation sites excluding steroid dienone is 4. The molecule has 1 aliphatic carbocycles. The van der Waals surface area contributed by atoms with Crippen molar-refractivity contribution in [3.63, 3.8) is 0 Å². The fraction of sp³-hybridized carbons (Fsp3) is 0.444. The van der Waals surface area contributed by atoms with Crippen LogP contribution >= 0.6 is 0 Å². The fourth-order valence-corrected chi connectivity index (χ4v) is 8.13. The second kappa shape index (κ2) is 17.2. The van der Waals surface area contributed by atoms with Crippen molar-refractivity contribution < 1.29 is 19.1 Å². The second-order valence-corrected chi connectivity index (χ2v) is 15.1. The molecule has 8 nitrogen and oxygen atoms in total. The van der Waals surface area contributed by atoms with Crippen LogP contribution in [0.4, 0.5) is 0 Å². The molecule has 8 bridgehead atoms. The van der Waals surface area contributed by atoms with Gasteiger partial charge in [-0.25, -0.2) is 0 Å². The Balaban J connectivity index is 0.00000561. The van der Waals surface area contributed by atoms with Gasteiger partial charge in [-0.2, -0.15) is 11.4 Å². The molecule has 3 aromatic heterocycles. The van der Waals surface area contributed by atoms with E-state index in [2.05, 4.69) is 48.1 Å². The van der Waals surface area contributed by atoms with Gasteiger partial charge in [-0.1, -0.05) is 105 Å². The normalized spacial score (nSPS) is 23.0. The zero-order chi connectivity index (χ0) is 38.1. The number of esters is 1. The standard InChI is InChI=1S/C45H53N4O4.Mg/c1-10-24(4)14-13-15-25(5)18-19-53-40(51)17-16-32-28(8)36-20-34-26(6)30(11-2)38(46-34)21-35-27(7)31(12-3)39(47-35)22-37-29(9)41-44(49-37)42(43(32)48-36)33(23-50)45(41)52;/h11,18,20-24,28,32-33H,2,10,12-17,19H2,1,3-9H3,(H-,48,49,52);/q-3;+2/p-1/b25-18+,35-21-,36-20-,39-22-;/t24-,28+,32+,33-;/m1./s1.